The number of ether oxygens (including phenoxy) is 3. The minimum absolute atomic E-state index is 0.167. The normalized spacial score (nSPS) is 16.5. The zero-order chi connectivity index (χ0) is 17.2. The van der Waals surface area contributed by atoms with E-state index < -0.39 is 24.8 Å². The van der Waals surface area contributed by atoms with Crippen LogP contribution in [-0.4, -0.2) is 41.5 Å². The van der Waals surface area contributed by atoms with Crippen molar-refractivity contribution in [2.75, 3.05) is 6.61 Å². The van der Waals surface area contributed by atoms with Gasteiger partial charge in [-0.15, -0.1) is 0 Å². The van der Waals surface area contributed by atoms with Gasteiger partial charge >= 0.3 is 19.1 Å². The summed E-state index contributed by atoms with van der Waals surface area (Å²) in [5, 5.41) is 18.6. The van der Waals surface area contributed by atoms with E-state index in [9.17, 15) is 19.6 Å². The van der Waals surface area contributed by atoms with Crippen molar-refractivity contribution in [3.63, 3.8) is 0 Å². The molecule has 0 aromatic heterocycles. The van der Waals surface area contributed by atoms with E-state index in [4.69, 9.17) is 14.2 Å². The largest absolute Gasteiger partial charge is 0.494 e. The van der Waals surface area contributed by atoms with Crippen molar-refractivity contribution < 1.29 is 33.8 Å². The van der Waals surface area contributed by atoms with Gasteiger partial charge in [-0.1, -0.05) is 6.07 Å². The van der Waals surface area contributed by atoms with Gasteiger partial charge in [0, 0.05) is 13.8 Å². The second kappa shape index (κ2) is 6.43. The molecule has 8 heteroatoms. The van der Waals surface area contributed by atoms with E-state index in [2.05, 4.69) is 0 Å². The van der Waals surface area contributed by atoms with Crippen molar-refractivity contribution in [3.05, 3.63) is 29.3 Å². The van der Waals surface area contributed by atoms with Crippen LogP contribution in [0, 0.1) is 0 Å². The Morgan fingerprint density at radius 3 is 2.30 bits per heavy atom. The van der Waals surface area contributed by atoms with Gasteiger partial charge in [0.25, 0.3) is 5.79 Å². The highest BCUT2D eigenvalue weighted by atomic mass is 16.7. The van der Waals surface area contributed by atoms with Gasteiger partial charge < -0.3 is 24.3 Å². The molecular weight excluding hydrogens is 303 g/mol. The van der Waals surface area contributed by atoms with Crippen LogP contribution in [0.3, 0.4) is 0 Å². The summed E-state index contributed by atoms with van der Waals surface area (Å²) in [6.07, 6.45) is 1.26. The Morgan fingerprint density at radius 1 is 1.17 bits per heavy atom. The lowest BCUT2D eigenvalue weighted by Gasteiger charge is -2.29. The molecule has 2 N–H and O–H groups in total. The van der Waals surface area contributed by atoms with Crippen molar-refractivity contribution in [1.29, 1.82) is 0 Å². The summed E-state index contributed by atoms with van der Waals surface area (Å²) < 4.78 is 15.3. The topological polar surface area (TPSA) is 102 Å². The summed E-state index contributed by atoms with van der Waals surface area (Å²) in [6.45, 7) is 5.06. The molecule has 122 valence electrons. The highest BCUT2D eigenvalue weighted by Gasteiger charge is 2.38. The lowest BCUT2D eigenvalue weighted by Crippen LogP contribution is -2.41. The molecule has 1 aliphatic heterocycles. The Bertz CT molecular complexity index is 642. The predicted molar refractivity (Wildman–Crippen MR) is 81.7 cm³/mol. The molecule has 0 atom stereocenters. The summed E-state index contributed by atoms with van der Waals surface area (Å²) >= 11 is 0. The fraction of sp³-hybridized carbons (Fsp3) is 0.333. The van der Waals surface area contributed by atoms with Crippen LogP contribution in [-0.2, 0) is 19.1 Å². The van der Waals surface area contributed by atoms with Crippen LogP contribution in [0.1, 0.15) is 26.3 Å². The van der Waals surface area contributed by atoms with Crippen molar-refractivity contribution in [2.45, 2.75) is 26.6 Å². The molecule has 0 bridgehead atoms. The Balaban J connectivity index is 2.41. The predicted octanol–water partition coefficient (Wildman–Crippen LogP) is -0.0154. The molecule has 2 rings (SSSR count). The minimum Gasteiger partial charge on any atom is -0.494 e. The third kappa shape index (κ3) is 4.11. The molecule has 1 saturated heterocycles. The van der Waals surface area contributed by atoms with Gasteiger partial charge in [0.05, 0.1) is 6.61 Å². The quantitative estimate of drug-likeness (QED) is 0.348. The van der Waals surface area contributed by atoms with Gasteiger partial charge in [-0.05, 0) is 36.2 Å². The number of hydrogen-bond acceptors (Lipinski definition) is 7. The van der Waals surface area contributed by atoms with E-state index in [1.54, 1.807) is 13.0 Å². The molecule has 1 heterocycles. The van der Waals surface area contributed by atoms with E-state index >= 15 is 0 Å². The number of carbonyl (C=O) groups excluding carboxylic acids is 2. The number of benzene rings is 1. The first kappa shape index (κ1) is 17.0. The molecule has 0 radical (unpaired) electrons. The minimum atomic E-state index is -1.71. The van der Waals surface area contributed by atoms with Crippen molar-refractivity contribution >= 4 is 30.6 Å². The second-order valence-corrected chi connectivity index (χ2v) is 5.38. The summed E-state index contributed by atoms with van der Waals surface area (Å²) in [5.74, 6) is -2.55. The lowest BCUT2D eigenvalue weighted by atomic mass is 9.79. The van der Waals surface area contributed by atoms with Gasteiger partial charge in [0.2, 0.25) is 0 Å². The van der Waals surface area contributed by atoms with E-state index in [1.807, 2.05) is 0 Å². The average molecular weight is 320 g/mol. The number of cyclic esters (lactones) is 2. The van der Waals surface area contributed by atoms with Gasteiger partial charge in [-0.25, -0.2) is 9.59 Å². The standard InChI is InChI=1S/C15H17BO7/c1-4-21-11-6-9(5-10(8-11)16(19)20)7-12-13(17)22-15(2,3)23-14(12)18/h5-8,19-20H,4H2,1-3H3. The fourth-order valence-corrected chi connectivity index (χ4v) is 2.07. The van der Waals surface area contributed by atoms with Gasteiger partial charge in [0.1, 0.15) is 11.3 Å². The van der Waals surface area contributed by atoms with E-state index in [-0.39, 0.29) is 11.0 Å². The van der Waals surface area contributed by atoms with Crippen molar-refractivity contribution in [3.8, 4) is 5.75 Å². The highest BCUT2D eigenvalue weighted by Crippen LogP contribution is 2.24. The molecule has 23 heavy (non-hydrogen) atoms. The van der Waals surface area contributed by atoms with Crippen LogP contribution < -0.4 is 10.2 Å². The zero-order valence-electron chi connectivity index (χ0n) is 13.0. The van der Waals surface area contributed by atoms with Gasteiger partial charge in [0.15, 0.2) is 0 Å². The Hall–Kier alpha value is -2.32. The summed E-state index contributed by atoms with van der Waals surface area (Å²) in [5.41, 5.74) is 0.264. The van der Waals surface area contributed by atoms with Crippen LogP contribution in [0.25, 0.3) is 6.08 Å². The van der Waals surface area contributed by atoms with Crippen molar-refractivity contribution in [1.82, 2.24) is 0 Å². The van der Waals surface area contributed by atoms with Crippen LogP contribution in [0.4, 0.5) is 0 Å². The van der Waals surface area contributed by atoms with E-state index in [0.717, 1.165) is 0 Å². The summed E-state index contributed by atoms with van der Waals surface area (Å²) in [4.78, 5) is 23.9. The van der Waals surface area contributed by atoms with Crippen LogP contribution in [0.2, 0.25) is 0 Å². The third-order valence-corrected chi connectivity index (χ3v) is 2.99. The average Bonchev–Trinajstić information content (AvgIpc) is 2.42. The Morgan fingerprint density at radius 2 is 1.78 bits per heavy atom. The molecule has 0 amide bonds. The fourth-order valence-electron chi connectivity index (χ4n) is 2.07. The Kier molecular flexibility index (Phi) is 4.77. The first-order chi connectivity index (χ1) is 10.7. The molecule has 1 aliphatic rings. The molecule has 0 aliphatic carbocycles. The first-order valence-electron chi connectivity index (χ1n) is 7.04. The molecule has 0 saturated carbocycles. The molecule has 0 spiro atoms. The number of hydrogen-bond donors (Lipinski definition) is 2. The Labute approximate surface area is 133 Å². The highest BCUT2D eigenvalue weighted by molar-refractivity contribution is 6.58. The number of esters is 2. The van der Waals surface area contributed by atoms with Gasteiger partial charge in [-0.2, -0.15) is 0 Å². The third-order valence-electron chi connectivity index (χ3n) is 2.99. The zero-order valence-corrected chi connectivity index (χ0v) is 13.0. The number of rotatable bonds is 4. The maximum Gasteiger partial charge on any atom is 0.488 e. The maximum atomic E-state index is 11.9. The smallest absolute Gasteiger partial charge is 0.488 e. The second-order valence-electron chi connectivity index (χ2n) is 5.38. The van der Waals surface area contributed by atoms with Crippen molar-refractivity contribution in [2.24, 2.45) is 0 Å². The molecule has 1 aromatic rings. The first-order valence-corrected chi connectivity index (χ1v) is 7.04. The van der Waals surface area contributed by atoms with Crippen LogP contribution in [0.15, 0.2) is 23.8 Å². The molecular formula is C15H17BO7. The summed E-state index contributed by atoms with van der Waals surface area (Å²) in [6, 6.07) is 4.43. The summed E-state index contributed by atoms with van der Waals surface area (Å²) in [7, 11) is -1.71. The monoisotopic (exact) mass is 320 g/mol. The molecule has 0 unspecified atom stereocenters. The van der Waals surface area contributed by atoms with Crippen LogP contribution >= 0.6 is 0 Å². The van der Waals surface area contributed by atoms with E-state index in [1.165, 1.54) is 32.1 Å². The molecule has 1 aromatic carbocycles. The molecule has 7 nitrogen and oxygen atoms in total. The SMILES string of the molecule is CCOc1cc(C=C2C(=O)OC(C)(C)OC2=O)cc(B(O)O)c1. The number of carbonyl (C=O) groups is 2. The van der Waals surface area contributed by atoms with E-state index in [0.29, 0.717) is 17.9 Å². The van der Waals surface area contributed by atoms with Crippen LogP contribution in [0.5, 0.6) is 5.75 Å². The van der Waals surface area contributed by atoms with Gasteiger partial charge in [-0.3, -0.25) is 0 Å². The lowest BCUT2D eigenvalue weighted by molar-refractivity contribution is -0.222. The molecule has 1 fully saturated rings. The maximum absolute atomic E-state index is 11.9.